The van der Waals surface area contributed by atoms with Crippen molar-refractivity contribution in [2.24, 2.45) is 4.99 Å². The highest BCUT2D eigenvalue weighted by atomic mass is 16.3. The maximum absolute atomic E-state index is 9.22. The highest BCUT2D eigenvalue weighted by molar-refractivity contribution is 5.84. The molecule has 0 aliphatic carbocycles. The normalized spacial score (nSPS) is 16.1. The van der Waals surface area contributed by atoms with Gasteiger partial charge in [0.15, 0.2) is 0 Å². The lowest BCUT2D eigenvalue weighted by Crippen LogP contribution is -2.34. The van der Waals surface area contributed by atoms with Gasteiger partial charge in [0, 0.05) is 19.5 Å². The third kappa shape index (κ3) is 12.5. The summed E-state index contributed by atoms with van der Waals surface area (Å²) in [6.07, 6.45) is 22.2. The summed E-state index contributed by atoms with van der Waals surface area (Å²) < 4.78 is 0. The summed E-state index contributed by atoms with van der Waals surface area (Å²) in [7, 11) is 0. The lowest BCUT2D eigenvalue weighted by molar-refractivity contribution is 0.244. The number of β-amino-alcohol motifs (C(OH)–C–C–N with tert-alkyl or cyclic N) is 1. The van der Waals surface area contributed by atoms with E-state index in [4.69, 9.17) is 4.99 Å². The molecule has 1 rings (SSSR count). The van der Waals surface area contributed by atoms with Gasteiger partial charge in [-0.1, -0.05) is 96.8 Å². The first-order valence-electron chi connectivity index (χ1n) is 12.0. The van der Waals surface area contributed by atoms with E-state index in [1.807, 2.05) is 0 Å². The topological polar surface area (TPSA) is 35.8 Å². The molecule has 0 atom stereocenters. The molecule has 0 saturated carbocycles. The van der Waals surface area contributed by atoms with Crippen LogP contribution in [0.5, 0.6) is 0 Å². The standard InChI is InChI=1S/C24H48N2O/c1-4-5-6-7-8-9-10-11-12-13-14-15-16-17-18-19-23-25-24(2,3)22-26(23)20-21-27/h27H,4-22H2,1-3H3. The second kappa shape index (κ2) is 15.4. The van der Waals surface area contributed by atoms with Crippen molar-refractivity contribution in [3.8, 4) is 0 Å². The highest BCUT2D eigenvalue weighted by Crippen LogP contribution is 2.22. The van der Waals surface area contributed by atoms with Crippen LogP contribution in [0.2, 0.25) is 0 Å². The summed E-state index contributed by atoms with van der Waals surface area (Å²) in [6, 6.07) is 0. The first-order chi connectivity index (χ1) is 13.1. The Labute approximate surface area is 170 Å². The Balaban J connectivity index is 1.88. The van der Waals surface area contributed by atoms with Crippen molar-refractivity contribution in [1.29, 1.82) is 0 Å². The summed E-state index contributed by atoms with van der Waals surface area (Å²) >= 11 is 0. The van der Waals surface area contributed by atoms with Gasteiger partial charge in [-0.2, -0.15) is 0 Å². The number of unbranched alkanes of at least 4 members (excludes halogenated alkanes) is 14. The Morgan fingerprint density at radius 1 is 0.778 bits per heavy atom. The van der Waals surface area contributed by atoms with Crippen LogP contribution >= 0.6 is 0 Å². The van der Waals surface area contributed by atoms with Gasteiger partial charge in [-0.3, -0.25) is 4.99 Å². The molecule has 3 nitrogen and oxygen atoms in total. The fraction of sp³-hybridized carbons (Fsp3) is 0.958. The van der Waals surface area contributed by atoms with E-state index in [9.17, 15) is 5.11 Å². The van der Waals surface area contributed by atoms with Crippen LogP contribution in [0.15, 0.2) is 4.99 Å². The Morgan fingerprint density at radius 2 is 1.22 bits per heavy atom. The molecular weight excluding hydrogens is 332 g/mol. The third-order valence-corrected chi connectivity index (χ3v) is 5.75. The average Bonchev–Trinajstić information content (AvgIpc) is 2.92. The molecule has 0 aromatic heterocycles. The molecule has 0 spiro atoms. The van der Waals surface area contributed by atoms with Gasteiger partial charge < -0.3 is 10.0 Å². The van der Waals surface area contributed by atoms with Crippen LogP contribution in [0.1, 0.15) is 124 Å². The van der Waals surface area contributed by atoms with E-state index in [2.05, 4.69) is 25.7 Å². The van der Waals surface area contributed by atoms with E-state index in [0.29, 0.717) is 0 Å². The zero-order valence-electron chi connectivity index (χ0n) is 18.8. The molecule has 1 aliphatic heterocycles. The number of aliphatic hydroxyl groups is 1. The number of aliphatic imine (C=N–C) groups is 1. The summed E-state index contributed by atoms with van der Waals surface area (Å²) in [6.45, 7) is 8.60. The quantitative estimate of drug-likeness (QED) is 0.267. The van der Waals surface area contributed by atoms with Crippen molar-refractivity contribution in [1.82, 2.24) is 4.90 Å². The van der Waals surface area contributed by atoms with E-state index < -0.39 is 0 Å². The second-order valence-electron chi connectivity index (χ2n) is 9.19. The van der Waals surface area contributed by atoms with Gasteiger partial charge in [-0.15, -0.1) is 0 Å². The predicted molar refractivity (Wildman–Crippen MR) is 120 cm³/mol. The molecular formula is C24H48N2O. The van der Waals surface area contributed by atoms with Crippen molar-refractivity contribution in [2.45, 2.75) is 129 Å². The maximum atomic E-state index is 9.22. The number of nitrogens with zero attached hydrogens (tertiary/aromatic N) is 2. The SMILES string of the molecule is CCCCCCCCCCCCCCCCCC1=NC(C)(C)CN1CCO. The molecule has 0 amide bonds. The fourth-order valence-corrected chi connectivity index (χ4v) is 4.21. The molecule has 3 heteroatoms. The largest absolute Gasteiger partial charge is 0.395 e. The van der Waals surface area contributed by atoms with Crippen LogP contribution < -0.4 is 0 Å². The lowest BCUT2D eigenvalue weighted by atomic mass is 10.0. The van der Waals surface area contributed by atoms with Gasteiger partial charge in [0.1, 0.15) is 0 Å². The van der Waals surface area contributed by atoms with E-state index in [1.54, 1.807) is 0 Å². The van der Waals surface area contributed by atoms with Gasteiger partial charge >= 0.3 is 0 Å². The minimum absolute atomic E-state index is 0.0278. The summed E-state index contributed by atoms with van der Waals surface area (Å²) in [4.78, 5) is 7.14. The smallest absolute Gasteiger partial charge is 0.0998 e. The van der Waals surface area contributed by atoms with Crippen molar-refractivity contribution in [2.75, 3.05) is 19.7 Å². The number of hydrogen-bond donors (Lipinski definition) is 1. The second-order valence-corrected chi connectivity index (χ2v) is 9.19. The van der Waals surface area contributed by atoms with Gasteiger partial charge in [0.25, 0.3) is 0 Å². The molecule has 0 unspecified atom stereocenters. The minimum Gasteiger partial charge on any atom is -0.395 e. The monoisotopic (exact) mass is 380 g/mol. The van der Waals surface area contributed by atoms with Crippen LogP contribution in [-0.2, 0) is 0 Å². The zero-order valence-corrected chi connectivity index (χ0v) is 18.8. The van der Waals surface area contributed by atoms with Gasteiger partial charge in [-0.25, -0.2) is 0 Å². The van der Waals surface area contributed by atoms with Crippen molar-refractivity contribution < 1.29 is 5.11 Å². The lowest BCUT2D eigenvalue weighted by Gasteiger charge is -2.21. The molecule has 0 aromatic carbocycles. The fourth-order valence-electron chi connectivity index (χ4n) is 4.21. The van der Waals surface area contributed by atoms with Crippen LogP contribution in [0.4, 0.5) is 0 Å². The third-order valence-electron chi connectivity index (χ3n) is 5.75. The Bertz CT molecular complexity index is 379. The maximum Gasteiger partial charge on any atom is 0.0998 e. The molecule has 0 fully saturated rings. The average molecular weight is 381 g/mol. The van der Waals surface area contributed by atoms with Crippen LogP contribution in [-0.4, -0.2) is 41.1 Å². The highest BCUT2D eigenvalue weighted by Gasteiger charge is 2.29. The first kappa shape index (κ1) is 24.5. The molecule has 27 heavy (non-hydrogen) atoms. The number of rotatable bonds is 18. The number of amidine groups is 1. The predicted octanol–water partition coefficient (Wildman–Crippen LogP) is 6.73. The summed E-state index contributed by atoms with van der Waals surface area (Å²) in [5.74, 6) is 1.23. The molecule has 1 N–H and O–H groups in total. The van der Waals surface area contributed by atoms with Crippen LogP contribution in [0, 0.1) is 0 Å². The van der Waals surface area contributed by atoms with E-state index >= 15 is 0 Å². The molecule has 160 valence electrons. The number of hydrogen-bond acceptors (Lipinski definition) is 3. The van der Waals surface area contributed by atoms with Gasteiger partial charge in [-0.05, 0) is 20.3 Å². The Kier molecular flexibility index (Phi) is 13.9. The van der Waals surface area contributed by atoms with Crippen LogP contribution in [0.3, 0.4) is 0 Å². The molecule has 0 saturated heterocycles. The molecule has 0 bridgehead atoms. The van der Waals surface area contributed by atoms with Crippen molar-refractivity contribution in [3.05, 3.63) is 0 Å². The molecule has 1 heterocycles. The van der Waals surface area contributed by atoms with E-state index in [1.165, 1.54) is 102 Å². The molecule has 1 aliphatic rings. The number of aliphatic hydroxyl groups excluding tert-OH is 1. The first-order valence-corrected chi connectivity index (χ1v) is 12.0. The minimum atomic E-state index is 0.0278. The van der Waals surface area contributed by atoms with Crippen LogP contribution in [0.25, 0.3) is 0 Å². The Morgan fingerprint density at radius 3 is 1.67 bits per heavy atom. The van der Waals surface area contributed by atoms with Gasteiger partial charge in [0.05, 0.1) is 18.0 Å². The van der Waals surface area contributed by atoms with Crippen molar-refractivity contribution >= 4 is 5.84 Å². The van der Waals surface area contributed by atoms with E-state index in [-0.39, 0.29) is 12.1 Å². The Hall–Kier alpha value is -0.570. The molecule has 0 radical (unpaired) electrons. The molecule has 0 aromatic rings. The summed E-state index contributed by atoms with van der Waals surface area (Å²) in [5.41, 5.74) is 0.0278. The van der Waals surface area contributed by atoms with Gasteiger partial charge in [0.2, 0.25) is 0 Å². The van der Waals surface area contributed by atoms with E-state index in [0.717, 1.165) is 19.5 Å². The zero-order chi connectivity index (χ0) is 19.8. The van der Waals surface area contributed by atoms with Crippen molar-refractivity contribution in [3.63, 3.8) is 0 Å². The summed E-state index contributed by atoms with van der Waals surface area (Å²) in [5, 5.41) is 9.22.